The second kappa shape index (κ2) is 3.07. The average molecular weight is 153 g/mol. The molecule has 10 heavy (non-hydrogen) atoms. The van der Waals surface area contributed by atoms with Gasteiger partial charge in [-0.25, -0.2) is 9.97 Å². The standard InChI is InChI=1S/C5H3N3OS/c9-5(8-10)4-6-2-1-3-7-4/h1-3H. The van der Waals surface area contributed by atoms with E-state index < -0.39 is 5.91 Å². The third-order valence-electron chi connectivity index (χ3n) is 0.840. The molecule has 1 amide bonds. The van der Waals surface area contributed by atoms with E-state index in [1.807, 2.05) is 0 Å². The van der Waals surface area contributed by atoms with Crippen molar-refractivity contribution in [1.29, 1.82) is 0 Å². The average Bonchev–Trinajstić information content (AvgIpc) is 2.05. The number of aromatic nitrogens is 2. The summed E-state index contributed by atoms with van der Waals surface area (Å²) >= 11 is 4.15. The van der Waals surface area contributed by atoms with Crippen LogP contribution in [0, 0.1) is 0 Å². The third kappa shape index (κ3) is 1.38. The predicted octanol–water partition coefficient (Wildman–Crippen LogP) is 0.347. The molecule has 1 heterocycles. The molecule has 0 aliphatic carbocycles. The Bertz CT molecular complexity index is 248. The van der Waals surface area contributed by atoms with Crippen molar-refractivity contribution in [1.82, 2.24) is 9.97 Å². The van der Waals surface area contributed by atoms with Gasteiger partial charge in [0.2, 0.25) is 5.82 Å². The van der Waals surface area contributed by atoms with Crippen molar-refractivity contribution in [2.24, 2.45) is 4.36 Å². The van der Waals surface area contributed by atoms with Crippen molar-refractivity contribution in [3.63, 3.8) is 0 Å². The molecule has 0 aromatic carbocycles. The Morgan fingerprint density at radius 2 is 2.10 bits per heavy atom. The van der Waals surface area contributed by atoms with Crippen molar-refractivity contribution >= 4 is 18.3 Å². The zero-order chi connectivity index (χ0) is 7.40. The van der Waals surface area contributed by atoms with Crippen LogP contribution in [0.5, 0.6) is 0 Å². The maximum atomic E-state index is 10.6. The quantitative estimate of drug-likeness (QED) is 0.584. The van der Waals surface area contributed by atoms with E-state index in [2.05, 4.69) is 26.8 Å². The lowest BCUT2D eigenvalue weighted by Gasteiger charge is -1.86. The van der Waals surface area contributed by atoms with Crippen molar-refractivity contribution in [2.75, 3.05) is 0 Å². The molecule has 0 saturated carbocycles. The molecule has 0 aliphatic rings. The Hall–Kier alpha value is -1.23. The highest BCUT2D eigenvalue weighted by Crippen LogP contribution is 1.88. The van der Waals surface area contributed by atoms with Crippen molar-refractivity contribution in [3.05, 3.63) is 24.3 Å². The van der Waals surface area contributed by atoms with Crippen LogP contribution in [0.25, 0.3) is 0 Å². The summed E-state index contributed by atoms with van der Waals surface area (Å²) in [4.78, 5) is 17.9. The summed E-state index contributed by atoms with van der Waals surface area (Å²) in [5.74, 6) is -0.534. The summed E-state index contributed by atoms with van der Waals surface area (Å²) in [5.41, 5.74) is 0. The summed E-state index contributed by atoms with van der Waals surface area (Å²) in [7, 11) is 0. The Labute approximate surface area is 62.5 Å². The van der Waals surface area contributed by atoms with Gasteiger partial charge >= 0.3 is 5.91 Å². The van der Waals surface area contributed by atoms with Gasteiger partial charge in [0.05, 0.1) is 0 Å². The zero-order valence-electron chi connectivity index (χ0n) is 4.89. The lowest BCUT2D eigenvalue weighted by molar-refractivity contribution is 0.0996. The Balaban J connectivity index is 2.95. The largest absolute Gasteiger partial charge is 0.326 e. The molecule has 0 aliphatic heterocycles. The van der Waals surface area contributed by atoms with Crippen LogP contribution in [-0.4, -0.2) is 15.9 Å². The number of amides is 1. The zero-order valence-corrected chi connectivity index (χ0v) is 5.71. The number of carbonyl (C=O) groups is 1. The second-order valence-electron chi connectivity index (χ2n) is 1.47. The number of hydrogen-bond acceptors (Lipinski definition) is 4. The summed E-state index contributed by atoms with van der Waals surface area (Å²) in [6.45, 7) is 0. The molecule has 1 rings (SSSR count). The molecule has 0 unspecified atom stereocenters. The summed E-state index contributed by atoms with van der Waals surface area (Å²) in [5, 5.41) is 0. The van der Waals surface area contributed by atoms with Gasteiger partial charge in [-0.15, -0.1) is 4.36 Å². The van der Waals surface area contributed by atoms with E-state index in [-0.39, 0.29) is 5.82 Å². The van der Waals surface area contributed by atoms with E-state index in [0.29, 0.717) is 0 Å². The molecule has 5 heteroatoms. The van der Waals surface area contributed by atoms with Crippen LogP contribution in [-0.2, 0) is 12.4 Å². The smallest absolute Gasteiger partial charge is 0.262 e. The molecule has 4 nitrogen and oxygen atoms in total. The minimum Gasteiger partial charge on any atom is -0.262 e. The van der Waals surface area contributed by atoms with Crippen LogP contribution >= 0.6 is 0 Å². The maximum absolute atomic E-state index is 10.6. The van der Waals surface area contributed by atoms with Gasteiger partial charge in [0, 0.05) is 24.8 Å². The highest BCUT2D eigenvalue weighted by atomic mass is 32.1. The number of nitrogens with zero attached hydrogens (tertiary/aromatic N) is 3. The normalized spacial score (nSPS) is 8.80. The molecule has 1 aromatic rings. The molecule has 0 spiro atoms. The first-order valence-electron chi connectivity index (χ1n) is 2.49. The van der Waals surface area contributed by atoms with Gasteiger partial charge in [-0.05, 0) is 6.07 Å². The Kier molecular flexibility index (Phi) is 2.11. The number of rotatable bonds is 1. The minimum absolute atomic E-state index is 0.0394. The number of carbonyl (C=O) groups excluding carboxylic acids is 1. The van der Waals surface area contributed by atoms with Crippen molar-refractivity contribution in [3.8, 4) is 0 Å². The number of hydrogen-bond donors (Lipinski definition) is 0. The fourth-order valence-electron chi connectivity index (χ4n) is 0.450. The van der Waals surface area contributed by atoms with Crippen LogP contribution < -0.4 is 0 Å². The van der Waals surface area contributed by atoms with Gasteiger partial charge < -0.3 is 0 Å². The first-order chi connectivity index (χ1) is 4.84. The minimum atomic E-state index is -0.574. The third-order valence-corrected chi connectivity index (χ3v) is 1.01. The van der Waals surface area contributed by atoms with E-state index in [4.69, 9.17) is 0 Å². The van der Waals surface area contributed by atoms with Gasteiger partial charge in [-0.3, -0.25) is 4.79 Å². The van der Waals surface area contributed by atoms with Crippen molar-refractivity contribution in [2.45, 2.75) is 0 Å². The van der Waals surface area contributed by atoms with Gasteiger partial charge in [0.1, 0.15) is 0 Å². The molecular weight excluding hydrogens is 150 g/mol. The van der Waals surface area contributed by atoms with Crippen LogP contribution in [0.4, 0.5) is 0 Å². The second-order valence-corrected chi connectivity index (χ2v) is 1.65. The Morgan fingerprint density at radius 1 is 1.50 bits per heavy atom. The molecule has 1 aromatic heterocycles. The molecule has 0 saturated heterocycles. The van der Waals surface area contributed by atoms with Gasteiger partial charge in [-0.2, -0.15) is 0 Å². The van der Waals surface area contributed by atoms with Crippen LogP contribution in [0.3, 0.4) is 0 Å². The summed E-state index contributed by atoms with van der Waals surface area (Å²) in [6, 6.07) is 1.61. The lowest BCUT2D eigenvalue weighted by atomic mass is 10.5. The molecule has 0 bridgehead atoms. The van der Waals surface area contributed by atoms with Gasteiger partial charge in [-0.1, -0.05) is 0 Å². The first kappa shape index (κ1) is 6.88. The monoisotopic (exact) mass is 153 g/mol. The maximum Gasteiger partial charge on any atom is 0.326 e. The SMILES string of the molecule is O=C(N=S)c1ncccn1. The lowest BCUT2D eigenvalue weighted by Crippen LogP contribution is -1.99. The molecule has 50 valence electrons. The van der Waals surface area contributed by atoms with E-state index >= 15 is 0 Å². The molecule has 0 radical (unpaired) electrons. The molecule has 0 fully saturated rings. The highest BCUT2D eigenvalue weighted by Gasteiger charge is 2.03. The highest BCUT2D eigenvalue weighted by molar-refractivity contribution is 7.47. The van der Waals surface area contributed by atoms with Crippen LogP contribution in [0.1, 0.15) is 10.6 Å². The molecule has 0 N–H and O–H groups in total. The van der Waals surface area contributed by atoms with Gasteiger partial charge in [0.25, 0.3) is 0 Å². The van der Waals surface area contributed by atoms with E-state index in [1.54, 1.807) is 6.07 Å². The summed E-state index contributed by atoms with van der Waals surface area (Å²) in [6.07, 6.45) is 2.92. The first-order valence-corrected chi connectivity index (χ1v) is 2.86. The summed E-state index contributed by atoms with van der Waals surface area (Å²) < 4.78 is 2.98. The van der Waals surface area contributed by atoms with E-state index in [9.17, 15) is 4.79 Å². The predicted molar refractivity (Wildman–Crippen MR) is 36.2 cm³/mol. The Morgan fingerprint density at radius 3 is 2.60 bits per heavy atom. The van der Waals surface area contributed by atoms with E-state index in [1.165, 1.54) is 12.4 Å². The van der Waals surface area contributed by atoms with Crippen molar-refractivity contribution < 1.29 is 4.79 Å². The molecule has 0 atom stereocenters. The fraction of sp³-hybridized carbons (Fsp3) is 0. The van der Waals surface area contributed by atoms with Gasteiger partial charge in [0.15, 0.2) is 0 Å². The van der Waals surface area contributed by atoms with Crippen LogP contribution in [0.15, 0.2) is 22.8 Å². The fourth-order valence-corrected chi connectivity index (χ4v) is 0.532. The van der Waals surface area contributed by atoms with E-state index in [0.717, 1.165) is 0 Å². The van der Waals surface area contributed by atoms with Crippen LogP contribution in [0.2, 0.25) is 0 Å². The topological polar surface area (TPSA) is 55.2 Å². The molecular formula is C5H3N3OS.